The Bertz CT molecular complexity index is 405. The number of aliphatic hydroxyl groups is 1. The van der Waals surface area contributed by atoms with Crippen molar-refractivity contribution in [2.75, 3.05) is 6.54 Å². The van der Waals surface area contributed by atoms with Crippen LogP contribution in [0.4, 0.5) is 0 Å². The van der Waals surface area contributed by atoms with Crippen molar-refractivity contribution in [3.05, 3.63) is 28.4 Å². The van der Waals surface area contributed by atoms with Gasteiger partial charge in [0.25, 0.3) is 11.5 Å². The number of carbonyl (C=O) groups is 1. The van der Waals surface area contributed by atoms with Gasteiger partial charge in [-0.2, -0.15) is 0 Å². The molecule has 0 radical (unpaired) electrons. The van der Waals surface area contributed by atoms with Crippen LogP contribution in [0.25, 0.3) is 0 Å². The Morgan fingerprint density at radius 1 is 1.69 bits per heavy atom. The zero-order valence-corrected chi connectivity index (χ0v) is 9.28. The number of aromatic amines is 1. The third-order valence-electron chi connectivity index (χ3n) is 2.30. The Labute approximate surface area is 92.7 Å². The number of nitrogens with one attached hydrogen (secondary N) is 2. The number of nitrogens with zero attached hydrogens (tertiary/aromatic N) is 1. The fraction of sp³-hybridized carbons (Fsp3) is 0.500. The first-order valence-corrected chi connectivity index (χ1v) is 5.00. The van der Waals surface area contributed by atoms with Gasteiger partial charge in [0.2, 0.25) is 0 Å². The van der Waals surface area contributed by atoms with E-state index in [-0.39, 0.29) is 17.8 Å². The molecule has 1 amide bonds. The van der Waals surface area contributed by atoms with Crippen LogP contribution in [-0.4, -0.2) is 33.1 Å². The van der Waals surface area contributed by atoms with Gasteiger partial charge in [-0.3, -0.25) is 9.59 Å². The Balaban J connectivity index is 2.60. The molecular weight excluding hydrogens is 210 g/mol. The van der Waals surface area contributed by atoms with Crippen LogP contribution in [0.3, 0.4) is 0 Å². The molecule has 0 aliphatic carbocycles. The van der Waals surface area contributed by atoms with E-state index in [1.54, 1.807) is 6.92 Å². The molecule has 1 heterocycles. The van der Waals surface area contributed by atoms with Crippen LogP contribution in [0.2, 0.25) is 0 Å². The monoisotopic (exact) mass is 225 g/mol. The lowest BCUT2D eigenvalue weighted by Crippen LogP contribution is -2.40. The number of rotatable bonds is 4. The number of amides is 1. The number of H-pyrrole nitrogens is 1. The van der Waals surface area contributed by atoms with Gasteiger partial charge in [0.1, 0.15) is 5.69 Å². The van der Waals surface area contributed by atoms with Gasteiger partial charge in [0.05, 0.1) is 11.8 Å². The normalized spacial score (nSPS) is 14.2. The zero-order chi connectivity index (χ0) is 12.2. The van der Waals surface area contributed by atoms with Crippen molar-refractivity contribution < 1.29 is 9.90 Å². The van der Waals surface area contributed by atoms with Crippen molar-refractivity contribution in [1.29, 1.82) is 0 Å². The molecule has 16 heavy (non-hydrogen) atoms. The van der Waals surface area contributed by atoms with Gasteiger partial charge in [-0.1, -0.05) is 6.92 Å². The predicted octanol–water partition coefficient (Wildman–Crippen LogP) is -0.339. The Morgan fingerprint density at radius 2 is 2.38 bits per heavy atom. The second kappa shape index (κ2) is 4.89. The minimum Gasteiger partial charge on any atom is -0.388 e. The van der Waals surface area contributed by atoms with E-state index in [0.29, 0.717) is 6.42 Å². The van der Waals surface area contributed by atoms with Crippen molar-refractivity contribution >= 4 is 5.91 Å². The lowest BCUT2D eigenvalue weighted by molar-refractivity contribution is 0.0517. The molecule has 0 saturated carbocycles. The molecule has 0 fully saturated rings. The molecule has 3 N–H and O–H groups in total. The predicted molar refractivity (Wildman–Crippen MR) is 58.1 cm³/mol. The van der Waals surface area contributed by atoms with E-state index >= 15 is 0 Å². The summed E-state index contributed by atoms with van der Waals surface area (Å²) in [5.41, 5.74) is -1.18. The Kier molecular flexibility index (Phi) is 3.78. The van der Waals surface area contributed by atoms with Gasteiger partial charge < -0.3 is 15.4 Å². The Morgan fingerprint density at radius 3 is 2.88 bits per heavy atom. The van der Waals surface area contributed by atoms with Gasteiger partial charge in [-0.25, -0.2) is 4.98 Å². The van der Waals surface area contributed by atoms with Crippen LogP contribution in [0.1, 0.15) is 30.8 Å². The maximum Gasteiger partial charge on any atom is 0.271 e. The molecule has 1 aromatic rings. The summed E-state index contributed by atoms with van der Waals surface area (Å²) in [6.45, 7) is 3.60. The van der Waals surface area contributed by atoms with Crippen LogP contribution in [0.15, 0.2) is 17.2 Å². The average Bonchev–Trinajstić information content (AvgIpc) is 2.27. The average molecular weight is 225 g/mol. The quantitative estimate of drug-likeness (QED) is 0.653. The Hall–Kier alpha value is -1.69. The van der Waals surface area contributed by atoms with E-state index in [1.807, 2.05) is 6.92 Å². The molecule has 6 nitrogen and oxygen atoms in total. The molecule has 1 atom stereocenters. The van der Waals surface area contributed by atoms with Crippen molar-refractivity contribution in [1.82, 2.24) is 15.3 Å². The first-order chi connectivity index (χ1) is 7.44. The molecule has 0 spiro atoms. The minimum atomic E-state index is -0.933. The van der Waals surface area contributed by atoms with Crippen LogP contribution in [-0.2, 0) is 0 Å². The van der Waals surface area contributed by atoms with E-state index in [1.165, 1.54) is 6.20 Å². The van der Waals surface area contributed by atoms with Crippen molar-refractivity contribution in [3.8, 4) is 0 Å². The van der Waals surface area contributed by atoms with Gasteiger partial charge in [0, 0.05) is 12.7 Å². The van der Waals surface area contributed by atoms with E-state index in [2.05, 4.69) is 15.3 Å². The first kappa shape index (κ1) is 12.4. The highest BCUT2D eigenvalue weighted by Gasteiger charge is 2.19. The first-order valence-electron chi connectivity index (χ1n) is 5.00. The van der Waals surface area contributed by atoms with Crippen LogP contribution in [0.5, 0.6) is 0 Å². The summed E-state index contributed by atoms with van der Waals surface area (Å²) >= 11 is 0. The third kappa shape index (κ3) is 3.47. The molecule has 0 saturated heterocycles. The summed E-state index contributed by atoms with van der Waals surface area (Å²) in [6.07, 6.45) is 2.80. The molecule has 0 aliphatic rings. The summed E-state index contributed by atoms with van der Waals surface area (Å²) in [7, 11) is 0. The van der Waals surface area contributed by atoms with E-state index in [0.717, 1.165) is 6.20 Å². The topological polar surface area (TPSA) is 95.1 Å². The summed E-state index contributed by atoms with van der Waals surface area (Å²) in [5.74, 6) is -0.426. The van der Waals surface area contributed by atoms with E-state index in [4.69, 9.17) is 0 Å². The highest BCUT2D eigenvalue weighted by molar-refractivity contribution is 5.91. The molecule has 0 aromatic carbocycles. The van der Waals surface area contributed by atoms with E-state index < -0.39 is 11.5 Å². The van der Waals surface area contributed by atoms with Crippen LogP contribution < -0.4 is 10.9 Å². The molecule has 88 valence electrons. The fourth-order valence-corrected chi connectivity index (χ4v) is 0.953. The second-order valence-electron chi connectivity index (χ2n) is 3.83. The molecule has 1 aromatic heterocycles. The number of hydrogen-bond donors (Lipinski definition) is 3. The molecule has 6 heteroatoms. The highest BCUT2D eigenvalue weighted by Crippen LogP contribution is 2.06. The standard InChI is InChI=1S/C10H15N3O3/c1-3-10(2,16)6-13-9(15)7-4-12-8(14)5-11-7/h4-5,16H,3,6H2,1-2H3,(H,12,14)(H,13,15). The molecular formula is C10H15N3O3. The molecule has 1 unspecified atom stereocenters. The van der Waals surface area contributed by atoms with Gasteiger partial charge in [-0.15, -0.1) is 0 Å². The number of hydrogen-bond acceptors (Lipinski definition) is 4. The summed E-state index contributed by atoms with van der Waals surface area (Å²) in [5, 5.41) is 12.2. The van der Waals surface area contributed by atoms with Crippen molar-refractivity contribution in [2.45, 2.75) is 25.9 Å². The maximum atomic E-state index is 11.5. The summed E-state index contributed by atoms with van der Waals surface area (Å²) in [6, 6.07) is 0. The second-order valence-corrected chi connectivity index (χ2v) is 3.83. The smallest absolute Gasteiger partial charge is 0.271 e. The molecule has 0 bridgehead atoms. The third-order valence-corrected chi connectivity index (χ3v) is 2.30. The molecule has 0 aliphatic heterocycles. The van der Waals surface area contributed by atoms with E-state index in [9.17, 15) is 14.7 Å². The fourth-order valence-electron chi connectivity index (χ4n) is 0.953. The molecule has 1 rings (SSSR count). The maximum absolute atomic E-state index is 11.5. The lowest BCUT2D eigenvalue weighted by Gasteiger charge is -2.21. The largest absolute Gasteiger partial charge is 0.388 e. The highest BCUT2D eigenvalue weighted by atomic mass is 16.3. The van der Waals surface area contributed by atoms with Crippen molar-refractivity contribution in [2.24, 2.45) is 0 Å². The number of aromatic nitrogens is 2. The van der Waals surface area contributed by atoms with Crippen molar-refractivity contribution in [3.63, 3.8) is 0 Å². The van der Waals surface area contributed by atoms with Crippen LogP contribution in [0, 0.1) is 0 Å². The summed E-state index contributed by atoms with van der Waals surface area (Å²) < 4.78 is 0. The van der Waals surface area contributed by atoms with Crippen LogP contribution >= 0.6 is 0 Å². The SMILES string of the molecule is CCC(C)(O)CNC(=O)c1c[nH]c(=O)cn1. The zero-order valence-electron chi connectivity index (χ0n) is 9.28. The number of carbonyl (C=O) groups excluding carboxylic acids is 1. The van der Waals surface area contributed by atoms with Gasteiger partial charge in [-0.05, 0) is 13.3 Å². The summed E-state index contributed by atoms with van der Waals surface area (Å²) in [4.78, 5) is 28.2. The van der Waals surface area contributed by atoms with Gasteiger partial charge in [0.15, 0.2) is 0 Å². The lowest BCUT2D eigenvalue weighted by atomic mass is 10.0. The minimum absolute atomic E-state index is 0.117. The van der Waals surface area contributed by atoms with Gasteiger partial charge >= 0.3 is 0 Å².